The zero-order chi connectivity index (χ0) is 37.7. The van der Waals surface area contributed by atoms with Crippen molar-refractivity contribution >= 4 is 46.7 Å². The van der Waals surface area contributed by atoms with Gasteiger partial charge in [-0.1, -0.05) is 85.1 Å². The number of hydrogen-bond acceptors (Lipinski definition) is 7. The Labute approximate surface area is 317 Å². The van der Waals surface area contributed by atoms with Crippen molar-refractivity contribution in [1.29, 1.82) is 0 Å². The first kappa shape index (κ1) is 38.0. The molecule has 53 heavy (non-hydrogen) atoms. The second-order valence-corrected chi connectivity index (χ2v) is 19.4. The molecular formula is C41H59N5O6S. The fraction of sp³-hybridized carbons (Fsp3) is 0.756. The summed E-state index contributed by atoms with van der Waals surface area (Å²) >= 11 is 1.33. The summed E-state index contributed by atoms with van der Waals surface area (Å²) in [7, 11) is 0. The number of carbonyl (C=O) groups is 6. The summed E-state index contributed by atoms with van der Waals surface area (Å²) in [6.07, 6.45) is 13.1. The summed E-state index contributed by atoms with van der Waals surface area (Å²) < 4.78 is 0. The van der Waals surface area contributed by atoms with Gasteiger partial charge in [-0.25, -0.2) is 0 Å². The van der Waals surface area contributed by atoms with Crippen molar-refractivity contribution < 1.29 is 28.8 Å². The Bertz CT molecular complexity index is 1590. The molecule has 0 spiro atoms. The number of rotatable bonds is 14. The normalized spacial score (nSPS) is 28.4. The molecule has 5 aliphatic carbocycles. The van der Waals surface area contributed by atoms with Crippen molar-refractivity contribution in [3.8, 4) is 0 Å². The molecule has 1 saturated heterocycles. The van der Waals surface area contributed by atoms with Gasteiger partial charge >= 0.3 is 0 Å². The number of nitrogens with one attached hydrogen (secondary N) is 4. The fourth-order valence-electron chi connectivity index (χ4n) is 10.0. The van der Waals surface area contributed by atoms with Gasteiger partial charge in [-0.3, -0.25) is 28.8 Å². The minimum atomic E-state index is -0.943. The standard InChI is InChI=1S/C41H59N5O6S/c1-39(2)26-23-46(30(29(26)39)35(49)43-27(22-24-13-14-24)31(47)36(50)42-25-15-16-25)38(52)33(41(4)19-9-6-10-20-41)45-37(51)32(40(3)17-7-5-8-18-40)44-34(48)28-12-11-21-53-28/h11-12,21,24-27,29-30,32-33H,5-10,13-20,22-23H2,1-4H3,(H,42,50)(H,43,49)(H,44,48)(H,45,51)/t26-,27?,29-,30-,32+,33+/m0/s1. The zero-order valence-electron chi connectivity index (χ0n) is 32.0. The number of carbonyl (C=O) groups excluding carboxylic acids is 6. The third-order valence-electron chi connectivity index (χ3n) is 14.0. The van der Waals surface area contributed by atoms with Crippen LogP contribution in [0.1, 0.15) is 134 Å². The Morgan fingerprint density at radius 2 is 1.43 bits per heavy atom. The van der Waals surface area contributed by atoms with Crippen LogP contribution in [0.15, 0.2) is 17.5 Å². The largest absolute Gasteiger partial charge is 0.347 e. The van der Waals surface area contributed by atoms with E-state index < -0.39 is 52.6 Å². The number of ketones is 1. The molecule has 1 aliphatic heterocycles. The number of nitrogens with zero attached hydrogens (tertiary/aromatic N) is 1. The van der Waals surface area contributed by atoms with Crippen LogP contribution >= 0.6 is 11.3 Å². The molecule has 1 unspecified atom stereocenters. The second kappa shape index (κ2) is 14.8. The summed E-state index contributed by atoms with van der Waals surface area (Å²) in [5.74, 6) is -2.30. The third kappa shape index (κ3) is 7.94. The van der Waals surface area contributed by atoms with Crippen molar-refractivity contribution in [2.75, 3.05) is 6.54 Å². The Hall–Kier alpha value is -3.28. The van der Waals surface area contributed by atoms with Gasteiger partial charge in [0.25, 0.3) is 11.8 Å². The second-order valence-electron chi connectivity index (χ2n) is 18.5. The number of piperidine rings is 1. The molecule has 4 N–H and O–H groups in total. The maximum atomic E-state index is 15.1. The van der Waals surface area contributed by atoms with Gasteiger partial charge in [-0.2, -0.15) is 0 Å². The van der Waals surface area contributed by atoms with Gasteiger partial charge in [0.1, 0.15) is 18.1 Å². The van der Waals surface area contributed by atoms with E-state index in [-0.39, 0.29) is 46.9 Å². The number of fused-ring (bicyclic) bond motifs is 1. The number of amides is 5. The first-order valence-corrected chi connectivity index (χ1v) is 21.2. The summed E-state index contributed by atoms with van der Waals surface area (Å²) in [5.41, 5.74) is -1.19. The number of hydrogen-bond donors (Lipinski definition) is 4. The van der Waals surface area contributed by atoms with Crippen molar-refractivity contribution in [1.82, 2.24) is 26.2 Å². The molecule has 12 heteroatoms. The highest BCUT2D eigenvalue weighted by molar-refractivity contribution is 7.12. The highest BCUT2D eigenvalue weighted by atomic mass is 32.1. The lowest BCUT2D eigenvalue weighted by Crippen LogP contribution is -2.64. The maximum absolute atomic E-state index is 15.1. The molecule has 1 aromatic heterocycles. The van der Waals surface area contributed by atoms with Gasteiger partial charge in [0.15, 0.2) is 0 Å². The summed E-state index contributed by atoms with van der Waals surface area (Å²) in [6, 6.07) is 0.103. The van der Waals surface area contributed by atoms with Crippen LogP contribution in [0.4, 0.5) is 0 Å². The van der Waals surface area contributed by atoms with Crippen LogP contribution in [0.25, 0.3) is 0 Å². The summed E-state index contributed by atoms with van der Waals surface area (Å²) in [4.78, 5) is 86.2. The van der Waals surface area contributed by atoms with Crippen molar-refractivity contribution in [3.63, 3.8) is 0 Å². The minimum Gasteiger partial charge on any atom is -0.347 e. The van der Waals surface area contributed by atoms with Gasteiger partial charge in [0.2, 0.25) is 23.5 Å². The molecular weight excluding hydrogens is 691 g/mol. The van der Waals surface area contributed by atoms with Crippen LogP contribution < -0.4 is 21.3 Å². The lowest BCUT2D eigenvalue weighted by molar-refractivity contribution is -0.148. The van der Waals surface area contributed by atoms with Gasteiger partial charge in [-0.05, 0) is 90.4 Å². The Balaban J connectivity index is 1.15. The van der Waals surface area contributed by atoms with Crippen LogP contribution in [-0.2, 0) is 24.0 Å². The number of thiophene rings is 1. The summed E-state index contributed by atoms with van der Waals surface area (Å²) in [6.45, 7) is 8.78. The Morgan fingerprint density at radius 1 is 0.811 bits per heavy atom. The molecule has 1 aromatic rings. The molecule has 5 amide bonds. The van der Waals surface area contributed by atoms with Gasteiger partial charge in [0, 0.05) is 12.6 Å². The molecule has 6 atom stereocenters. The fourth-order valence-corrected chi connectivity index (χ4v) is 10.6. The number of likely N-dealkylation sites (tertiary alicyclic amines) is 1. The van der Waals surface area contributed by atoms with Crippen molar-refractivity contribution in [2.24, 2.45) is 34.0 Å². The van der Waals surface area contributed by atoms with Crippen LogP contribution in [0.3, 0.4) is 0 Å². The van der Waals surface area contributed by atoms with Gasteiger partial charge in [0.05, 0.1) is 10.9 Å². The van der Waals surface area contributed by atoms with E-state index in [1.54, 1.807) is 11.0 Å². The van der Waals surface area contributed by atoms with Crippen LogP contribution in [-0.4, -0.2) is 77.0 Å². The van der Waals surface area contributed by atoms with E-state index in [9.17, 15) is 24.0 Å². The average Bonchev–Trinajstić information content (AvgIpc) is 4.08. The molecule has 6 fully saturated rings. The van der Waals surface area contributed by atoms with E-state index in [0.717, 1.165) is 89.9 Å². The van der Waals surface area contributed by atoms with E-state index in [1.807, 2.05) is 11.4 Å². The van der Waals surface area contributed by atoms with E-state index in [0.29, 0.717) is 17.8 Å². The smallest absolute Gasteiger partial charge is 0.289 e. The predicted molar refractivity (Wildman–Crippen MR) is 202 cm³/mol. The first-order chi connectivity index (χ1) is 25.2. The van der Waals surface area contributed by atoms with E-state index in [4.69, 9.17) is 0 Å². The highest BCUT2D eigenvalue weighted by Gasteiger charge is 2.70. The SMILES string of the molecule is CC1([C@H](NC(=O)c2cccs2)C(=O)N[C@H](C(=O)N2C[C@H]3[C@@H]([C@H]2C(=O)NC(CC2CC2)C(=O)C(=O)NC2CC2)C3(C)C)C2(C)CCCCC2)CCCCC1. The quantitative estimate of drug-likeness (QED) is 0.199. The zero-order valence-corrected chi connectivity index (χ0v) is 32.8. The lowest BCUT2D eigenvalue weighted by Gasteiger charge is -2.45. The van der Waals surface area contributed by atoms with Crippen LogP contribution in [0.5, 0.6) is 0 Å². The van der Waals surface area contributed by atoms with E-state index >= 15 is 4.79 Å². The van der Waals surface area contributed by atoms with Crippen LogP contribution in [0.2, 0.25) is 0 Å². The van der Waals surface area contributed by atoms with Crippen molar-refractivity contribution in [3.05, 3.63) is 22.4 Å². The monoisotopic (exact) mass is 749 g/mol. The molecule has 6 aliphatic rings. The van der Waals surface area contributed by atoms with Crippen molar-refractivity contribution in [2.45, 2.75) is 154 Å². The third-order valence-corrected chi connectivity index (χ3v) is 14.9. The first-order valence-electron chi connectivity index (χ1n) is 20.3. The molecule has 290 valence electrons. The molecule has 5 saturated carbocycles. The van der Waals surface area contributed by atoms with Crippen LogP contribution in [0, 0.1) is 34.0 Å². The average molecular weight is 750 g/mol. The molecule has 11 nitrogen and oxygen atoms in total. The molecule has 0 bridgehead atoms. The lowest BCUT2D eigenvalue weighted by atomic mass is 9.68. The molecule has 0 aromatic carbocycles. The van der Waals surface area contributed by atoms with Gasteiger partial charge < -0.3 is 26.2 Å². The molecule has 0 radical (unpaired) electrons. The summed E-state index contributed by atoms with van der Waals surface area (Å²) in [5, 5.41) is 13.9. The van der Waals surface area contributed by atoms with E-state index in [1.165, 1.54) is 11.3 Å². The minimum absolute atomic E-state index is 0.0253. The molecule has 2 heterocycles. The van der Waals surface area contributed by atoms with E-state index in [2.05, 4.69) is 49.0 Å². The highest BCUT2D eigenvalue weighted by Crippen LogP contribution is 2.65. The molecule has 7 rings (SSSR count). The number of Topliss-reactive ketones (excluding diaryl/α,β-unsaturated/α-hetero) is 1. The predicted octanol–water partition coefficient (Wildman–Crippen LogP) is 4.89. The Kier molecular flexibility index (Phi) is 10.6. The maximum Gasteiger partial charge on any atom is 0.289 e. The Morgan fingerprint density at radius 3 is 2.00 bits per heavy atom. The topological polar surface area (TPSA) is 154 Å². The van der Waals surface area contributed by atoms with Gasteiger partial charge in [-0.15, -0.1) is 11.3 Å².